The molecule has 0 heterocycles. The van der Waals surface area contributed by atoms with E-state index in [0.717, 1.165) is 0 Å². The van der Waals surface area contributed by atoms with Crippen molar-refractivity contribution in [1.82, 2.24) is 16.0 Å². The fraction of sp³-hybridized carbons (Fsp3) is 0.647. The number of aliphatic imine (C=N–C) groups is 1. The van der Waals surface area contributed by atoms with Crippen LogP contribution in [-0.4, -0.2) is 77.0 Å². The van der Waals surface area contributed by atoms with Gasteiger partial charge in [-0.15, -0.1) is 0 Å². The number of carbonyl (C=O) groups is 5. The maximum Gasteiger partial charge on any atom is 0.322 e. The molecule has 0 saturated heterocycles. The zero-order valence-corrected chi connectivity index (χ0v) is 17.5. The number of carbonyl (C=O) groups excluding carboxylic acids is 3. The first-order chi connectivity index (χ1) is 14.3. The second kappa shape index (κ2) is 13.7. The predicted octanol–water partition coefficient (Wildman–Crippen LogP) is -3.33. The second-order valence-corrected chi connectivity index (χ2v) is 7.06. The third-order valence-electron chi connectivity index (χ3n) is 3.97. The molecular weight excluding hydrogens is 414 g/mol. The van der Waals surface area contributed by atoms with E-state index in [1.54, 1.807) is 13.8 Å². The Hall–Kier alpha value is -3.42. The molecule has 0 bridgehead atoms. The summed E-state index contributed by atoms with van der Waals surface area (Å²) in [6.07, 6.45) is -0.236. The van der Waals surface area contributed by atoms with E-state index < -0.39 is 66.7 Å². The van der Waals surface area contributed by atoms with E-state index in [2.05, 4.69) is 20.9 Å². The van der Waals surface area contributed by atoms with Crippen LogP contribution >= 0.6 is 0 Å². The molecule has 0 aliphatic rings. The van der Waals surface area contributed by atoms with E-state index in [1.165, 1.54) is 0 Å². The first kappa shape index (κ1) is 27.6. The number of nitrogens with one attached hydrogen (secondary N) is 3. The van der Waals surface area contributed by atoms with Gasteiger partial charge in [-0.05, 0) is 18.8 Å². The zero-order valence-electron chi connectivity index (χ0n) is 17.5. The Morgan fingerprint density at radius 3 is 2.03 bits per heavy atom. The molecule has 0 aromatic rings. The molecule has 0 rings (SSSR count). The number of amides is 3. The first-order valence-electron chi connectivity index (χ1n) is 9.48. The van der Waals surface area contributed by atoms with E-state index in [9.17, 15) is 24.0 Å². The molecule has 3 amide bonds. The summed E-state index contributed by atoms with van der Waals surface area (Å²) < 4.78 is 0. The Kier molecular flexibility index (Phi) is 12.2. The number of nitrogens with two attached hydrogens (primary N) is 3. The topological polar surface area (TPSA) is 252 Å². The highest BCUT2D eigenvalue weighted by Crippen LogP contribution is 2.06. The molecular formula is C17H31N7O7. The van der Waals surface area contributed by atoms with Crippen LogP contribution in [0, 0.1) is 5.92 Å². The van der Waals surface area contributed by atoms with Crippen molar-refractivity contribution >= 4 is 35.6 Å². The SMILES string of the molecule is CC(C)C(NC(=O)C(N)CC(=O)O)C(=O)NC(CCCN=C(N)N)C(=O)NCC(=O)O. The van der Waals surface area contributed by atoms with Crippen LogP contribution in [0.5, 0.6) is 0 Å². The summed E-state index contributed by atoms with van der Waals surface area (Å²) in [6, 6.07) is -3.59. The van der Waals surface area contributed by atoms with Gasteiger partial charge >= 0.3 is 11.9 Å². The van der Waals surface area contributed by atoms with E-state index in [0.29, 0.717) is 6.42 Å². The molecule has 0 radical (unpaired) electrons. The van der Waals surface area contributed by atoms with Gasteiger partial charge in [0.2, 0.25) is 17.7 Å². The van der Waals surface area contributed by atoms with Gasteiger partial charge in [0.05, 0.1) is 12.5 Å². The van der Waals surface area contributed by atoms with Crippen LogP contribution in [0.1, 0.15) is 33.1 Å². The standard InChI is InChI=1S/C17H31N7O7/c1-8(2)13(24-14(29)9(18)6-11(25)26)16(31)23-10(4-3-5-21-17(19)20)15(30)22-7-12(27)28/h8-10,13H,3-7,18H2,1-2H3,(H,22,30)(H,23,31)(H,24,29)(H,25,26)(H,27,28)(H4,19,20,21). The van der Waals surface area contributed by atoms with Gasteiger partial charge in [0, 0.05) is 6.54 Å². The maximum atomic E-state index is 12.7. The summed E-state index contributed by atoms with van der Waals surface area (Å²) in [7, 11) is 0. The average Bonchev–Trinajstić information content (AvgIpc) is 2.64. The highest BCUT2D eigenvalue weighted by molar-refractivity contribution is 5.94. The molecule has 3 unspecified atom stereocenters. The van der Waals surface area contributed by atoms with E-state index in [1.807, 2.05) is 0 Å². The summed E-state index contributed by atoms with van der Waals surface area (Å²) in [4.78, 5) is 62.3. The highest BCUT2D eigenvalue weighted by Gasteiger charge is 2.30. The van der Waals surface area contributed by atoms with Gasteiger partial charge in [-0.2, -0.15) is 0 Å². The van der Waals surface area contributed by atoms with Crippen molar-refractivity contribution in [3.8, 4) is 0 Å². The Balaban J connectivity index is 5.25. The number of rotatable bonds is 14. The molecule has 3 atom stereocenters. The number of guanidine groups is 1. The van der Waals surface area contributed by atoms with Gasteiger partial charge < -0.3 is 43.4 Å². The molecule has 14 nitrogen and oxygen atoms in total. The van der Waals surface area contributed by atoms with Crippen LogP contribution in [0.25, 0.3) is 0 Å². The van der Waals surface area contributed by atoms with Gasteiger partial charge in [0.15, 0.2) is 5.96 Å². The third kappa shape index (κ3) is 12.0. The van der Waals surface area contributed by atoms with Crippen LogP contribution < -0.4 is 33.2 Å². The fourth-order valence-electron chi connectivity index (χ4n) is 2.40. The minimum Gasteiger partial charge on any atom is -0.481 e. The van der Waals surface area contributed by atoms with Crippen molar-refractivity contribution in [2.75, 3.05) is 13.1 Å². The molecule has 0 saturated carbocycles. The number of carboxylic acid groups (broad SMARTS) is 2. The Morgan fingerprint density at radius 1 is 0.935 bits per heavy atom. The molecule has 176 valence electrons. The normalized spacial score (nSPS) is 13.4. The molecule has 0 aliphatic carbocycles. The van der Waals surface area contributed by atoms with Crippen molar-refractivity contribution < 1.29 is 34.2 Å². The van der Waals surface area contributed by atoms with Crippen LogP contribution in [0.2, 0.25) is 0 Å². The Morgan fingerprint density at radius 2 is 1.55 bits per heavy atom. The van der Waals surface area contributed by atoms with Crippen molar-refractivity contribution in [2.24, 2.45) is 28.1 Å². The van der Waals surface area contributed by atoms with Gasteiger partial charge in [0.1, 0.15) is 18.6 Å². The lowest BCUT2D eigenvalue weighted by Crippen LogP contribution is -2.57. The molecule has 31 heavy (non-hydrogen) atoms. The van der Waals surface area contributed by atoms with Gasteiger partial charge in [0.25, 0.3) is 0 Å². The van der Waals surface area contributed by atoms with Crippen molar-refractivity contribution in [3.63, 3.8) is 0 Å². The smallest absolute Gasteiger partial charge is 0.322 e. The van der Waals surface area contributed by atoms with Crippen LogP contribution in [0.15, 0.2) is 4.99 Å². The summed E-state index contributed by atoms with van der Waals surface area (Å²) in [6.45, 7) is 2.79. The second-order valence-electron chi connectivity index (χ2n) is 7.06. The molecule has 0 fully saturated rings. The molecule has 0 aliphatic heterocycles. The monoisotopic (exact) mass is 445 g/mol. The third-order valence-corrected chi connectivity index (χ3v) is 3.97. The lowest BCUT2D eigenvalue weighted by molar-refractivity contribution is -0.140. The minimum atomic E-state index is -1.36. The number of nitrogens with zero attached hydrogens (tertiary/aromatic N) is 1. The van der Waals surface area contributed by atoms with Crippen LogP contribution in [0.4, 0.5) is 0 Å². The molecule has 0 spiro atoms. The summed E-state index contributed by atoms with van der Waals surface area (Å²) in [5, 5.41) is 24.5. The van der Waals surface area contributed by atoms with E-state index in [-0.39, 0.29) is 18.9 Å². The maximum absolute atomic E-state index is 12.7. The predicted molar refractivity (Wildman–Crippen MR) is 109 cm³/mol. The molecule has 11 N–H and O–H groups in total. The largest absolute Gasteiger partial charge is 0.481 e. The first-order valence-corrected chi connectivity index (χ1v) is 9.48. The molecule has 0 aromatic heterocycles. The summed E-state index contributed by atoms with van der Waals surface area (Å²) in [5.41, 5.74) is 16.0. The summed E-state index contributed by atoms with van der Waals surface area (Å²) >= 11 is 0. The van der Waals surface area contributed by atoms with Crippen LogP contribution in [0.3, 0.4) is 0 Å². The van der Waals surface area contributed by atoms with E-state index >= 15 is 0 Å². The Bertz CT molecular complexity index is 692. The molecule has 14 heteroatoms. The zero-order chi connectivity index (χ0) is 24.1. The van der Waals surface area contributed by atoms with Gasteiger partial charge in [-0.3, -0.25) is 29.0 Å². The quantitative estimate of drug-likeness (QED) is 0.0749. The Labute approximate surface area is 179 Å². The van der Waals surface area contributed by atoms with Gasteiger partial charge in [-0.25, -0.2) is 0 Å². The number of hydrogen-bond acceptors (Lipinski definition) is 7. The van der Waals surface area contributed by atoms with E-state index in [4.69, 9.17) is 27.4 Å². The number of aliphatic carboxylic acids is 2. The number of hydrogen-bond donors (Lipinski definition) is 8. The molecule has 0 aromatic carbocycles. The number of carboxylic acids is 2. The van der Waals surface area contributed by atoms with Crippen LogP contribution in [-0.2, 0) is 24.0 Å². The summed E-state index contributed by atoms with van der Waals surface area (Å²) in [5.74, 6) is -5.40. The van der Waals surface area contributed by atoms with Gasteiger partial charge in [-0.1, -0.05) is 13.8 Å². The fourth-order valence-corrected chi connectivity index (χ4v) is 2.40. The van der Waals surface area contributed by atoms with Crippen molar-refractivity contribution in [3.05, 3.63) is 0 Å². The lowest BCUT2D eigenvalue weighted by Gasteiger charge is -2.26. The minimum absolute atomic E-state index is 0.0886. The highest BCUT2D eigenvalue weighted by atomic mass is 16.4. The van der Waals surface area contributed by atoms with Crippen molar-refractivity contribution in [2.45, 2.75) is 51.2 Å². The lowest BCUT2D eigenvalue weighted by atomic mass is 10.0. The van der Waals surface area contributed by atoms with Crippen molar-refractivity contribution in [1.29, 1.82) is 0 Å². The average molecular weight is 445 g/mol.